The molecule has 1 heterocycles. The number of para-hydroxylation sites is 1. The lowest BCUT2D eigenvalue weighted by molar-refractivity contribution is 0.425. The first-order valence-corrected chi connectivity index (χ1v) is 3.69. The molecular formula is C7H7BN2O3. The quantitative estimate of drug-likeness (QED) is 0.491. The summed E-state index contributed by atoms with van der Waals surface area (Å²) < 4.78 is 5.01. The Balaban J connectivity index is 2.75. The van der Waals surface area contributed by atoms with Crippen LogP contribution in [-0.2, 0) is 0 Å². The fourth-order valence-corrected chi connectivity index (χ4v) is 1.19. The Labute approximate surface area is 73.9 Å². The molecule has 0 aliphatic rings. The summed E-state index contributed by atoms with van der Waals surface area (Å²) in [5.74, 6) is 0. The third kappa shape index (κ3) is 1.26. The molecule has 0 amide bonds. The second kappa shape index (κ2) is 2.76. The summed E-state index contributed by atoms with van der Waals surface area (Å²) in [5, 5.41) is 17.9. The second-order valence-corrected chi connectivity index (χ2v) is 2.62. The number of nitrogen functional groups attached to an aromatic ring is 1. The van der Waals surface area contributed by atoms with E-state index in [0.29, 0.717) is 11.1 Å². The lowest BCUT2D eigenvalue weighted by Gasteiger charge is -1.97. The van der Waals surface area contributed by atoms with Gasteiger partial charge in [-0.1, -0.05) is 12.1 Å². The van der Waals surface area contributed by atoms with Crippen LogP contribution >= 0.6 is 0 Å². The molecule has 0 spiro atoms. The third-order valence-corrected chi connectivity index (χ3v) is 1.74. The van der Waals surface area contributed by atoms with E-state index >= 15 is 0 Å². The third-order valence-electron chi connectivity index (χ3n) is 1.74. The second-order valence-electron chi connectivity index (χ2n) is 2.62. The van der Waals surface area contributed by atoms with Gasteiger partial charge in [-0.2, -0.15) is 4.98 Å². The van der Waals surface area contributed by atoms with Crippen molar-refractivity contribution in [3.63, 3.8) is 0 Å². The summed E-state index contributed by atoms with van der Waals surface area (Å²) in [5.41, 5.74) is 6.42. The van der Waals surface area contributed by atoms with Crippen molar-refractivity contribution in [1.29, 1.82) is 0 Å². The number of anilines is 1. The molecule has 0 saturated heterocycles. The molecule has 0 radical (unpaired) electrons. The van der Waals surface area contributed by atoms with Crippen LogP contribution in [0.4, 0.5) is 6.01 Å². The Kier molecular flexibility index (Phi) is 1.71. The number of oxazole rings is 1. The van der Waals surface area contributed by atoms with Crippen molar-refractivity contribution < 1.29 is 14.5 Å². The first kappa shape index (κ1) is 8.09. The van der Waals surface area contributed by atoms with Gasteiger partial charge < -0.3 is 20.2 Å². The van der Waals surface area contributed by atoms with E-state index in [4.69, 9.17) is 20.2 Å². The van der Waals surface area contributed by atoms with Crippen LogP contribution in [0.25, 0.3) is 11.1 Å². The van der Waals surface area contributed by atoms with Gasteiger partial charge in [-0.05, 0) is 6.07 Å². The number of hydrogen-bond acceptors (Lipinski definition) is 5. The molecule has 5 nitrogen and oxygen atoms in total. The molecule has 66 valence electrons. The van der Waals surface area contributed by atoms with Crippen molar-refractivity contribution in [3.8, 4) is 0 Å². The minimum absolute atomic E-state index is 0.0168. The first-order valence-electron chi connectivity index (χ1n) is 3.69. The summed E-state index contributed by atoms with van der Waals surface area (Å²) in [6, 6.07) is 4.89. The van der Waals surface area contributed by atoms with E-state index in [2.05, 4.69) is 4.98 Å². The van der Waals surface area contributed by atoms with Gasteiger partial charge in [0.1, 0.15) is 5.52 Å². The predicted octanol–water partition coefficient (Wildman–Crippen LogP) is -0.910. The average Bonchev–Trinajstić information content (AvgIpc) is 2.43. The van der Waals surface area contributed by atoms with Crippen molar-refractivity contribution in [3.05, 3.63) is 18.2 Å². The molecule has 13 heavy (non-hydrogen) atoms. The summed E-state index contributed by atoms with van der Waals surface area (Å²) in [7, 11) is -1.57. The molecule has 2 rings (SSSR count). The van der Waals surface area contributed by atoms with E-state index in [9.17, 15) is 0 Å². The first-order chi connectivity index (χ1) is 6.18. The van der Waals surface area contributed by atoms with Crippen LogP contribution in [0.15, 0.2) is 22.6 Å². The number of benzene rings is 1. The van der Waals surface area contributed by atoms with Crippen molar-refractivity contribution in [1.82, 2.24) is 4.98 Å². The van der Waals surface area contributed by atoms with Gasteiger partial charge in [0.05, 0.1) is 0 Å². The maximum atomic E-state index is 8.96. The molecule has 1 aromatic carbocycles. The summed E-state index contributed by atoms with van der Waals surface area (Å²) >= 11 is 0. The van der Waals surface area contributed by atoms with Crippen molar-refractivity contribution in [2.24, 2.45) is 0 Å². The number of fused-ring (bicyclic) bond motifs is 1. The van der Waals surface area contributed by atoms with E-state index in [1.165, 1.54) is 6.07 Å². The number of rotatable bonds is 1. The standard InChI is InChI=1S/C7H7BN2O3/c9-7-10-5-3-1-2-4(8(11)12)6(5)13-7/h1-3,11-12H,(H2,9,10). The van der Waals surface area contributed by atoms with Crippen LogP contribution in [0, 0.1) is 0 Å². The van der Waals surface area contributed by atoms with Gasteiger partial charge >= 0.3 is 7.12 Å². The fraction of sp³-hybridized carbons (Fsp3) is 0. The molecule has 0 aliphatic carbocycles. The molecule has 0 fully saturated rings. The summed E-state index contributed by atoms with van der Waals surface area (Å²) in [6.07, 6.45) is 0. The molecule has 0 saturated carbocycles. The largest absolute Gasteiger partial charge is 0.492 e. The molecule has 0 unspecified atom stereocenters. The SMILES string of the molecule is Nc1nc2cccc(B(O)O)c2o1. The van der Waals surface area contributed by atoms with Crippen LogP contribution in [0.5, 0.6) is 0 Å². The molecule has 4 N–H and O–H groups in total. The van der Waals surface area contributed by atoms with Crippen LogP contribution in [0.2, 0.25) is 0 Å². The Bertz CT molecular complexity index is 440. The van der Waals surface area contributed by atoms with Crippen LogP contribution in [0.1, 0.15) is 0 Å². The lowest BCUT2D eigenvalue weighted by atomic mass is 9.80. The zero-order valence-electron chi connectivity index (χ0n) is 6.64. The summed E-state index contributed by atoms with van der Waals surface area (Å²) in [4.78, 5) is 3.85. The van der Waals surface area contributed by atoms with Crippen molar-refractivity contribution >= 4 is 29.7 Å². The maximum absolute atomic E-state index is 8.96. The monoisotopic (exact) mass is 178 g/mol. The molecule has 6 heteroatoms. The molecule has 1 aromatic heterocycles. The van der Waals surface area contributed by atoms with Gasteiger partial charge in [0, 0.05) is 5.46 Å². The molecule has 2 aromatic rings. The zero-order valence-corrected chi connectivity index (χ0v) is 6.64. The topological polar surface area (TPSA) is 92.5 Å². The zero-order chi connectivity index (χ0) is 9.42. The minimum Gasteiger partial charge on any atom is -0.424 e. The maximum Gasteiger partial charge on any atom is 0.492 e. The highest BCUT2D eigenvalue weighted by Gasteiger charge is 2.17. The Morgan fingerprint density at radius 1 is 1.38 bits per heavy atom. The highest BCUT2D eigenvalue weighted by atomic mass is 16.4. The van der Waals surface area contributed by atoms with E-state index in [0.717, 1.165) is 0 Å². The van der Waals surface area contributed by atoms with Crippen LogP contribution in [0.3, 0.4) is 0 Å². The van der Waals surface area contributed by atoms with Gasteiger partial charge in [0.15, 0.2) is 5.58 Å². The number of nitrogens with zero attached hydrogens (tertiary/aromatic N) is 1. The smallest absolute Gasteiger partial charge is 0.424 e. The average molecular weight is 178 g/mol. The Hall–Kier alpha value is -1.53. The van der Waals surface area contributed by atoms with E-state index in [-0.39, 0.29) is 11.5 Å². The van der Waals surface area contributed by atoms with Crippen LogP contribution < -0.4 is 11.2 Å². The van der Waals surface area contributed by atoms with E-state index in [1.807, 2.05) is 0 Å². The number of hydrogen-bond donors (Lipinski definition) is 3. The summed E-state index contributed by atoms with van der Waals surface area (Å²) in [6.45, 7) is 0. The predicted molar refractivity (Wildman–Crippen MR) is 48.2 cm³/mol. The molecule has 0 bridgehead atoms. The minimum atomic E-state index is -1.57. The van der Waals surface area contributed by atoms with Crippen LogP contribution in [-0.4, -0.2) is 22.2 Å². The Morgan fingerprint density at radius 2 is 2.15 bits per heavy atom. The van der Waals surface area contributed by atoms with E-state index in [1.54, 1.807) is 12.1 Å². The highest BCUT2D eigenvalue weighted by molar-refractivity contribution is 6.61. The van der Waals surface area contributed by atoms with Gasteiger partial charge in [0.25, 0.3) is 6.01 Å². The molecule has 0 atom stereocenters. The highest BCUT2D eigenvalue weighted by Crippen LogP contribution is 2.14. The molecular weight excluding hydrogens is 171 g/mol. The number of aromatic nitrogens is 1. The van der Waals surface area contributed by atoms with Crippen molar-refractivity contribution in [2.75, 3.05) is 5.73 Å². The van der Waals surface area contributed by atoms with Gasteiger partial charge in [-0.15, -0.1) is 0 Å². The lowest BCUT2D eigenvalue weighted by Crippen LogP contribution is -2.30. The fourth-order valence-electron chi connectivity index (χ4n) is 1.19. The Morgan fingerprint density at radius 3 is 2.85 bits per heavy atom. The van der Waals surface area contributed by atoms with Gasteiger partial charge in [-0.3, -0.25) is 0 Å². The normalized spacial score (nSPS) is 10.6. The number of nitrogens with two attached hydrogens (primary N) is 1. The van der Waals surface area contributed by atoms with Crippen molar-refractivity contribution in [2.45, 2.75) is 0 Å². The molecule has 0 aliphatic heterocycles. The van der Waals surface area contributed by atoms with Gasteiger partial charge in [-0.25, -0.2) is 0 Å². The van der Waals surface area contributed by atoms with E-state index < -0.39 is 7.12 Å². The van der Waals surface area contributed by atoms with Gasteiger partial charge in [0.2, 0.25) is 0 Å².